The van der Waals surface area contributed by atoms with Gasteiger partial charge in [0.1, 0.15) is 0 Å². The molecule has 0 amide bonds. The van der Waals surface area contributed by atoms with Gasteiger partial charge in [0.15, 0.2) is 0 Å². The Morgan fingerprint density at radius 1 is 0.0982 bits per heavy atom. The van der Waals surface area contributed by atoms with Gasteiger partial charge in [0.25, 0.3) is 0 Å². The average Bonchev–Trinajstić information content (AvgIpc) is 1.39. The van der Waals surface area contributed by atoms with Gasteiger partial charge in [-0.25, -0.2) is 0 Å². The van der Waals surface area contributed by atoms with E-state index in [0.29, 0.717) is 0 Å². The Hall–Kier alpha value is -14.8. The highest BCUT2D eigenvalue weighted by atomic mass is 15.0. The first kappa shape index (κ1) is 64.3. The molecule has 522 valence electrons. The molecule has 4 heteroatoms. The number of fused-ring (bicyclic) bond motifs is 18. The van der Waals surface area contributed by atoms with Crippen LogP contribution in [0.5, 0.6) is 0 Å². The zero-order valence-electron chi connectivity index (χ0n) is 61.2. The molecule has 4 heterocycles. The molecule has 0 fully saturated rings. The van der Waals surface area contributed by atoms with Crippen LogP contribution >= 0.6 is 0 Å². The van der Waals surface area contributed by atoms with Crippen LogP contribution in [0.3, 0.4) is 0 Å². The number of nitrogens with zero attached hydrogens (tertiary/aromatic N) is 4. The predicted molar refractivity (Wildman–Crippen MR) is 475 cm³/mol. The lowest BCUT2D eigenvalue weighted by Gasteiger charge is -2.14. The molecule has 0 aliphatic carbocycles. The summed E-state index contributed by atoms with van der Waals surface area (Å²) in [7, 11) is 0. The second kappa shape index (κ2) is 26.5. The van der Waals surface area contributed by atoms with Crippen LogP contribution in [0, 0.1) is 0 Å². The van der Waals surface area contributed by atoms with Gasteiger partial charge in [-0.2, -0.15) is 0 Å². The van der Waals surface area contributed by atoms with Crippen LogP contribution in [0.1, 0.15) is 0 Å². The van der Waals surface area contributed by atoms with Gasteiger partial charge in [0.2, 0.25) is 0 Å². The Morgan fingerprint density at radius 2 is 0.330 bits per heavy atom. The minimum absolute atomic E-state index is 1.15. The first-order valence-electron chi connectivity index (χ1n) is 38.6. The maximum absolute atomic E-state index is 2.44. The van der Waals surface area contributed by atoms with Crippen molar-refractivity contribution < 1.29 is 0 Å². The molecule has 23 rings (SSSR count). The molecule has 0 atom stereocenters. The second-order valence-electron chi connectivity index (χ2n) is 29.5. The average molecular weight is 1420 g/mol. The van der Waals surface area contributed by atoms with E-state index < -0.39 is 0 Å². The summed E-state index contributed by atoms with van der Waals surface area (Å²) in [5, 5.41) is 17.7. The van der Waals surface area contributed by atoms with Crippen molar-refractivity contribution >= 4 is 120 Å². The summed E-state index contributed by atoms with van der Waals surface area (Å²) in [6.45, 7) is 0. The van der Waals surface area contributed by atoms with Crippen molar-refractivity contribution in [3.63, 3.8) is 0 Å². The zero-order chi connectivity index (χ0) is 73.7. The maximum Gasteiger partial charge on any atom is 0.0547 e. The predicted octanol–water partition coefficient (Wildman–Crippen LogP) is 29.2. The van der Waals surface area contributed by atoms with E-state index in [-0.39, 0.29) is 0 Å². The van der Waals surface area contributed by atoms with E-state index in [1.807, 2.05) is 0 Å². The SMILES string of the molecule is c1ccc(-c2ccc(-c3cccc(-n4c5ccccc5c5cc(-c6ccc7c8ccccc8n(-c8ccc(-c9ccccc9)cc8)c7c6)ccc54)c3)cc2)cc1.c1ccc(-c2ccc(-n3c4ccccc4c4ccc(-c5ccc6c(c5)c5ccccc5n6-c5ccc6c7ccccc7c7ccccc7c6c5)cc43)cc2)cc1. The fraction of sp³-hybridized carbons (Fsp3) is 0. The van der Waals surface area contributed by atoms with Crippen molar-refractivity contribution in [3.8, 4) is 89.5 Å². The summed E-state index contributed by atoms with van der Waals surface area (Å²) >= 11 is 0. The zero-order valence-corrected chi connectivity index (χ0v) is 61.2. The van der Waals surface area contributed by atoms with Crippen molar-refractivity contribution in [1.82, 2.24) is 18.3 Å². The molecule has 0 N–H and O–H groups in total. The normalized spacial score (nSPS) is 11.8. The maximum atomic E-state index is 2.44. The Labute approximate surface area is 647 Å². The van der Waals surface area contributed by atoms with Crippen LogP contribution in [-0.4, -0.2) is 18.3 Å². The number of rotatable bonds is 10. The summed E-state index contributed by atoms with van der Waals surface area (Å²) in [4.78, 5) is 0. The van der Waals surface area contributed by atoms with Crippen LogP contribution in [0.25, 0.3) is 209 Å². The van der Waals surface area contributed by atoms with Crippen molar-refractivity contribution in [1.29, 1.82) is 0 Å². The number of hydrogen-bond acceptors (Lipinski definition) is 0. The van der Waals surface area contributed by atoms with E-state index in [1.165, 1.54) is 192 Å². The van der Waals surface area contributed by atoms with Gasteiger partial charge in [-0.1, -0.05) is 315 Å². The number of hydrogen-bond donors (Lipinski definition) is 0. The third-order valence-corrected chi connectivity index (χ3v) is 23.2. The van der Waals surface area contributed by atoms with Crippen LogP contribution in [0.15, 0.2) is 425 Å². The minimum atomic E-state index is 1.15. The van der Waals surface area contributed by atoms with E-state index in [4.69, 9.17) is 0 Å². The first-order valence-corrected chi connectivity index (χ1v) is 38.6. The molecule has 0 radical (unpaired) electrons. The third kappa shape index (κ3) is 10.7. The molecular formula is C108H70N4. The van der Waals surface area contributed by atoms with E-state index in [0.717, 1.165) is 17.1 Å². The molecule has 0 aliphatic rings. The van der Waals surface area contributed by atoms with Crippen LogP contribution in [0.4, 0.5) is 0 Å². The first-order chi connectivity index (χ1) is 55.5. The monoisotopic (exact) mass is 1420 g/mol. The molecule has 0 saturated carbocycles. The summed E-state index contributed by atoms with van der Waals surface area (Å²) in [6, 6.07) is 155. The van der Waals surface area contributed by atoms with E-state index >= 15 is 0 Å². The van der Waals surface area contributed by atoms with E-state index in [9.17, 15) is 0 Å². The van der Waals surface area contributed by atoms with Crippen molar-refractivity contribution in [2.45, 2.75) is 0 Å². The Morgan fingerprint density at radius 3 is 0.741 bits per heavy atom. The minimum Gasteiger partial charge on any atom is -0.309 e. The summed E-state index contributed by atoms with van der Waals surface area (Å²) in [6.07, 6.45) is 0. The van der Waals surface area contributed by atoms with Gasteiger partial charge in [-0.15, -0.1) is 0 Å². The molecule has 0 aliphatic heterocycles. The quantitative estimate of drug-likeness (QED) is 0.122. The molecule has 4 nitrogen and oxygen atoms in total. The topological polar surface area (TPSA) is 19.7 Å². The van der Waals surface area contributed by atoms with Gasteiger partial charge < -0.3 is 18.3 Å². The van der Waals surface area contributed by atoms with Gasteiger partial charge in [0, 0.05) is 65.8 Å². The number of para-hydroxylation sites is 4. The van der Waals surface area contributed by atoms with Gasteiger partial charge in [0.05, 0.1) is 44.1 Å². The standard InChI is InChI=1S/C54H34N2.C54H36N2/c1-2-12-35(13-3-1)36-22-26-39(27-23-36)55-51-20-10-8-18-46(51)48-29-24-38(33-54(48)55)37-25-31-53-50(32-37)47-19-9-11-21-52(47)56(53)40-28-30-45-43-16-5-4-14-41(43)42-15-6-7-17-44(42)49(45)34-40;1-3-12-37(13-4-1)39-22-24-41(25-23-39)42-16-11-17-46(34-42)56-52-21-10-8-19-48(52)50-35-43(29-33-53(50)56)44-28-32-49-47-18-7-9-20-51(47)55(54(49)36-44)45-30-26-40(27-31-45)38-14-5-2-6-15-38/h1-34H;1-36H. The highest BCUT2D eigenvalue weighted by molar-refractivity contribution is 6.26. The third-order valence-electron chi connectivity index (χ3n) is 23.2. The van der Waals surface area contributed by atoms with Crippen molar-refractivity contribution in [2.75, 3.05) is 0 Å². The van der Waals surface area contributed by atoms with Crippen LogP contribution in [-0.2, 0) is 0 Å². The fourth-order valence-corrected chi connectivity index (χ4v) is 17.9. The molecule has 19 aromatic carbocycles. The molecule has 0 unspecified atom stereocenters. The van der Waals surface area contributed by atoms with E-state index in [1.54, 1.807) is 0 Å². The molecule has 23 aromatic rings. The van der Waals surface area contributed by atoms with Gasteiger partial charge >= 0.3 is 0 Å². The highest BCUT2D eigenvalue weighted by Crippen LogP contribution is 2.44. The Bertz CT molecular complexity index is 7590. The lowest BCUT2D eigenvalue weighted by atomic mass is 9.94. The van der Waals surface area contributed by atoms with Crippen LogP contribution in [0.2, 0.25) is 0 Å². The van der Waals surface area contributed by atoms with Gasteiger partial charge in [-0.05, 0) is 208 Å². The largest absolute Gasteiger partial charge is 0.309 e. The second-order valence-corrected chi connectivity index (χ2v) is 29.5. The Balaban J connectivity index is 0.000000137. The molecule has 4 aromatic heterocycles. The lowest BCUT2D eigenvalue weighted by Crippen LogP contribution is -1.95. The van der Waals surface area contributed by atoms with E-state index in [2.05, 4.69) is 443 Å². The number of benzene rings is 19. The fourth-order valence-electron chi connectivity index (χ4n) is 17.9. The number of aromatic nitrogens is 4. The molecule has 0 spiro atoms. The highest BCUT2D eigenvalue weighted by Gasteiger charge is 2.21. The molecule has 0 bridgehead atoms. The Kier molecular flexibility index (Phi) is 15.2. The summed E-state index contributed by atoms with van der Waals surface area (Å²) < 4.78 is 9.68. The lowest BCUT2D eigenvalue weighted by molar-refractivity contribution is 1.18. The van der Waals surface area contributed by atoms with Crippen molar-refractivity contribution in [2.24, 2.45) is 0 Å². The molecule has 112 heavy (non-hydrogen) atoms. The van der Waals surface area contributed by atoms with Gasteiger partial charge in [-0.3, -0.25) is 0 Å². The molecule has 0 saturated heterocycles. The molecular weight excluding hydrogens is 1350 g/mol. The van der Waals surface area contributed by atoms with Crippen molar-refractivity contribution in [3.05, 3.63) is 425 Å². The summed E-state index contributed by atoms with van der Waals surface area (Å²) in [5.41, 5.74) is 28.8. The van der Waals surface area contributed by atoms with Crippen LogP contribution < -0.4 is 0 Å². The summed E-state index contributed by atoms with van der Waals surface area (Å²) in [5.74, 6) is 0. The smallest absolute Gasteiger partial charge is 0.0547 e.